The Hall–Kier alpha value is -1.14. The Bertz CT molecular complexity index is 418. The quantitative estimate of drug-likeness (QED) is 0.692. The van der Waals surface area contributed by atoms with Gasteiger partial charge in [0.25, 0.3) is 0 Å². The van der Waals surface area contributed by atoms with Crippen molar-refractivity contribution in [3.8, 4) is 6.07 Å². The van der Waals surface area contributed by atoms with E-state index in [1.807, 2.05) is 6.08 Å². The Labute approximate surface area is 102 Å². The fourth-order valence-electron chi connectivity index (χ4n) is 4.04. The lowest BCUT2D eigenvalue weighted by atomic mass is 9.61. The first-order valence-electron chi connectivity index (χ1n) is 6.58. The Morgan fingerprint density at radius 3 is 2.65 bits per heavy atom. The van der Waals surface area contributed by atoms with Crippen LogP contribution in [0.4, 0.5) is 0 Å². The average molecular weight is 230 g/mol. The third-order valence-corrected chi connectivity index (χ3v) is 4.83. The topological polar surface area (TPSA) is 52.9 Å². The molecule has 3 nitrogen and oxygen atoms in total. The zero-order chi connectivity index (χ0) is 11.9. The van der Waals surface area contributed by atoms with E-state index in [0.29, 0.717) is 5.57 Å². The summed E-state index contributed by atoms with van der Waals surface area (Å²) in [5.74, 6) is 0.134. The van der Waals surface area contributed by atoms with Crippen LogP contribution in [0.2, 0.25) is 0 Å². The number of hydrogen-bond acceptors (Lipinski definition) is 3. The predicted molar refractivity (Wildman–Crippen MR) is 64.1 cm³/mol. The SMILES string of the molecule is N#CC1=CC2(CCNC2)CC2(CCCC2)C1=O. The van der Waals surface area contributed by atoms with Crippen molar-refractivity contribution in [2.24, 2.45) is 10.8 Å². The van der Waals surface area contributed by atoms with Crippen molar-refractivity contribution >= 4 is 5.78 Å². The molecule has 3 aliphatic rings. The van der Waals surface area contributed by atoms with Crippen LogP contribution in [-0.4, -0.2) is 18.9 Å². The highest BCUT2D eigenvalue weighted by Crippen LogP contribution is 2.53. The van der Waals surface area contributed by atoms with Crippen molar-refractivity contribution < 1.29 is 4.79 Å². The maximum Gasteiger partial charge on any atom is 0.179 e. The van der Waals surface area contributed by atoms with Crippen LogP contribution in [0.3, 0.4) is 0 Å². The third-order valence-electron chi connectivity index (χ3n) is 4.83. The minimum Gasteiger partial charge on any atom is -0.316 e. The molecule has 2 spiro atoms. The molecule has 0 aromatic carbocycles. The van der Waals surface area contributed by atoms with Crippen molar-refractivity contribution in [2.75, 3.05) is 13.1 Å². The Morgan fingerprint density at radius 1 is 1.29 bits per heavy atom. The fraction of sp³-hybridized carbons (Fsp3) is 0.714. The monoisotopic (exact) mass is 230 g/mol. The number of allylic oxidation sites excluding steroid dienone is 1. The van der Waals surface area contributed by atoms with Gasteiger partial charge in [-0.25, -0.2) is 0 Å². The van der Waals surface area contributed by atoms with Gasteiger partial charge in [-0.2, -0.15) is 5.26 Å². The molecule has 1 atom stereocenters. The summed E-state index contributed by atoms with van der Waals surface area (Å²) in [6.45, 7) is 1.95. The van der Waals surface area contributed by atoms with Crippen molar-refractivity contribution in [3.05, 3.63) is 11.6 Å². The summed E-state index contributed by atoms with van der Waals surface area (Å²) in [6.07, 6.45) is 8.30. The summed E-state index contributed by atoms with van der Waals surface area (Å²) in [7, 11) is 0. The number of rotatable bonds is 0. The smallest absolute Gasteiger partial charge is 0.179 e. The molecule has 3 rings (SSSR count). The van der Waals surface area contributed by atoms with Crippen LogP contribution in [0.5, 0.6) is 0 Å². The molecular weight excluding hydrogens is 212 g/mol. The van der Waals surface area contributed by atoms with Gasteiger partial charge in [-0.15, -0.1) is 0 Å². The molecule has 1 saturated heterocycles. The average Bonchev–Trinajstić information content (AvgIpc) is 2.95. The highest BCUT2D eigenvalue weighted by Gasteiger charge is 2.52. The summed E-state index contributed by atoms with van der Waals surface area (Å²) in [4.78, 5) is 12.4. The maximum atomic E-state index is 12.4. The highest BCUT2D eigenvalue weighted by molar-refractivity contribution is 6.04. The lowest BCUT2D eigenvalue weighted by Crippen LogP contribution is -2.41. The van der Waals surface area contributed by atoms with Gasteiger partial charge in [-0.3, -0.25) is 4.79 Å². The van der Waals surface area contributed by atoms with E-state index in [4.69, 9.17) is 0 Å². The molecule has 1 aliphatic heterocycles. The van der Waals surface area contributed by atoms with E-state index in [9.17, 15) is 10.1 Å². The minimum absolute atomic E-state index is 0.0866. The minimum atomic E-state index is -0.189. The van der Waals surface area contributed by atoms with Crippen LogP contribution in [-0.2, 0) is 4.79 Å². The highest BCUT2D eigenvalue weighted by atomic mass is 16.1. The van der Waals surface area contributed by atoms with Gasteiger partial charge in [0.2, 0.25) is 0 Å². The summed E-state index contributed by atoms with van der Waals surface area (Å²) >= 11 is 0. The van der Waals surface area contributed by atoms with Crippen LogP contribution >= 0.6 is 0 Å². The van der Waals surface area contributed by atoms with E-state index >= 15 is 0 Å². The standard InChI is InChI=1S/C14H18N2O/c15-8-11-7-13(5-6-16-10-13)9-14(12(11)17)3-1-2-4-14/h7,16H,1-6,9-10H2. The van der Waals surface area contributed by atoms with Gasteiger partial charge in [0, 0.05) is 17.4 Å². The number of hydrogen-bond donors (Lipinski definition) is 1. The summed E-state index contributed by atoms with van der Waals surface area (Å²) in [6, 6.07) is 2.14. The van der Waals surface area contributed by atoms with E-state index < -0.39 is 0 Å². The molecule has 0 radical (unpaired) electrons. The molecule has 0 aromatic rings. The molecule has 0 aromatic heterocycles. The van der Waals surface area contributed by atoms with Crippen LogP contribution < -0.4 is 5.32 Å². The molecule has 17 heavy (non-hydrogen) atoms. The second-order valence-electron chi connectivity index (χ2n) is 5.95. The zero-order valence-corrected chi connectivity index (χ0v) is 10.1. The number of nitriles is 1. The lowest BCUT2D eigenvalue weighted by Gasteiger charge is -2.40. The van der Waals surface area contributed by atoms with Gasteiger partial charge in [0.1, 0.15) is 6.07 Å². The number of nitrogens with zero attached hydrogens (tertiary/aromatic N) is 1. The van der Waals surface area contributed by atoms with Crippen LogP contribution in [0, 0.1) is 22.2 Å². The molecule has 1 N–H and O–H groups in total. The number of Topliss-reactive ketones (excluding diaryl/α,β-unsaturated/α-hetero) is 1. The third kappa shape index (κ3) is 1.55. The fourth-order valence-corrected chi connectivity index (χ4v) is 4.04. The normalized spacial score (nSPS) is 35.2. The van der Waals surface area contributed by atoms with Gasteiger partial charge >= 0.3 is 0 Å². The molecule has 1 unspecified atom stereocenters. The van der Waals surface area contributed by atoms with E-state index in [1.165, 1.54) is 0 Å². The lowest BCUT2D eigenvalue weighted by molar-refractivity contribution is -0.126. The second-order valence-corrected chi connectivity index (χ2v) is 5.95. The summed E-state index contributed by atoms with van der Waals surface area (Å²) < 4.78 is 0. The number of ketones is 1. The maximum absolute atomic E-state index is 12.4. The van der Waals surface area contributed by atoms with E-state index in [2.05, 4.69) is 11.4 Å². The number of carbonyl (C=O) groups excluding carboxylic acids is 1. The predicted octanol–water partition coefficient (Wildman–Crippen LogP) is 1.95. The van der Waals surface area contributed by atoms with Crippen molar-refractivity contribution in [1.82, 2.24) is 5.32 Å². The van der Waals surface area contributed by atoms with E-state index in [1.54, 1.807) is 0 Å². The molecule has 1 heterocycles. The Morgan fingerprint density at radius 2 is 2.06 bits per heavy atom. The molecule has 3 heteroatoms. The second kappa shape index (κ2) is 3.68. The van der Waals surface area contributed by atoms with Crippen LogP contribution in [0.25, 0.3) is 0 Å². The first kappa shape index (κ1) is 11.0. The molecule has 90 valence electrons. The van der Waals surface area contributed by atoms with Gasteiger partial charge in [-0.1, -0.05) is 18.9 Å². The van der Waals surface area contributed by atoms with Gasteiger partial charge in [0.05, 0.1) is 5.57 Å². The number of nitrogens with one attached hydrogen (secondary N) is 1. The van der Waals surface area contributed by atoms with E-state index in [0.717, 1.165) is 51.6 Å². The zero-order valence-electron chi connectivity index (χ0n) is 10.1. The van der Waals surface area contributed by atoms with Gasteiger partial charge in [-0.05, 0) is 32.2 Å². The first-order valence-corrected chi connectivity index (χ1v) is 6.58. The number of carbonyl (C=O) groups is 1. The van der Waals surface area contributed by atoms with E-state index in [-0.39, 0.29) is 16.6 Å². The van der Waals surface area contributed by atoms with Crippen LogP contribution in [0.1, 0.15) is 38.5 Å². The Balaban J connectivity index is 2.03. The molecule has 0 amide bonds. The largest absolute Gasteiger partial charge is 0.316 e. The summed E-state index contributed by atoms with van der Waals surface area (Å²) in [5, 5.41) is 12.6. The molecule has 2 aliphatic carbocycles. The summed E-state index contributed by atoms with van der Waals surface area (Å²) in [5.41, 5.74) is 0.330. The molecule has 1 saturated carbocycles. The Kier molecular flexibility index (Phi) is 2.38. The van der Waals surface area contributed by atoms with Gasteiger partial charge < -0.3 is 5.32 Å². The molecule has 2 fully saturated rings. The van der Waals surface area contributed by atoms with Crippen molar-refractivity contribution in [3.63, 3.8) is 0 Å². The molecule has 0 bridgehead atoms. The van der Waals surface area contributed by atoms with Gasteiger partial charge in [0.15, 0.2) is 5.78 Å². The van der Waals surface area contributed by atoms with Crippen LogP contribution in [0.15, 0.2) is 11.6 Å². The van der Waals surface area contributed by atoms with Crippen molar-refractivity contribution in [2.45, 2.75) is 38.5 Å². The van der Waals surface area contributed by atoms with Crippen molar-refractivity contribution in [1.29, 1.82) is 5.26 Å². The first-order chi connectivity index (χ1) is 8.20. The molecular formula is C14H18N2O.